The minimum Gasteiger partial charge on any atom is -0.497 e. The van der Waals surface area contributed by atoms with Crippen LogP contribution in [0.2, 0.25) is 0 Å². The molecule has 0 aromatic heterocycles. The Balaban J connectivity index is 2.08. The van der Waals surface area contributed by atoms with Crippen LogP contribution in [0, 0.1) is 0 Å². The summed E-state index contributed by atoms with van der Waals surface area (Å²) in [5, 5.41) is -0.431. The molecule has 1 heterocycles. The minimum absolute atomic E-state index is 0.232. The standard InChI is InChI=1S/C27H36N2O5S/c1-17(2)28(18(3)4)14-15-29-23-13-12-22(33-7)16-24(23)35-26(25(27(29)31)34-19(5)30)20-8-10-21(32-6)11-9-20/h8-13,16-18,25-26H,14-15H2,1-7H3/t25-,26-/m1/s1. The fraction of sp³-hybridized carbons (Fsp3) is 0.481. The molecule has 8 heteroatoms. The number of ether oxygens (including phenoxy) is 3. The van der Waals surface area contributed by atoms with E-state index in [1.807, 2.05) is 42.5 Å². The normalized spacial score (nSPS) is 18.0. The van der Waals surface area contributed by atoms with E-state index in [4.69, 9.17) is 14.2 Å². The molecule has 0 bridgehead atoms. The maximum atomic E-state index is 14.0. The van der Waals surface area contributed by atoms with Crippen LogP contribution in [0.4, 0.5) is 5.69 Å². The Hall–Kier alpha value is -2.71. The molecular formula is C27H36N2O5S. The summed E-state index contributed by atoms with van der Waals surface area (Å²) in [7, 11) is 3.23. The monoisotopic (exact) mass is 500 g/mol. The third-order valence-corrected chi connectivity index (χ3v) is 7.50. The zero-order valence-electron chi connectivity index (χ0n) is 21.6. The number of rotatable bonds is 9. The Morgan fingerprint density at radius 3 is 2.14 bits per heavy atom. The van der Waals surface area contributed by atoms with Gasteiger partial charge in [-0.3, -0.25) is 14.5 Å². The van der Waals surface area contributed by atoms with Crippen molar-refractivity contribution >= 4 is 29.3 Å². The molecule has 0 radical (unpaired) electrons. The van der Waals surface area contributed by atoms with Crippen LogP contribution >= 0.6 is 11.8 Å². The highest BCUT2D eigenvalue weighted by Crippen LogP contribution is 2.48. The molecule has 1 aliphatic heterocycles. The Morgan fingerprint density at radius 1 is 1.00 bits per heavy atom. The van der Waals surface area contributed by atoms with Gasteiger partial charge in [0.2, 0.25) is 0 Å². The van der Waals surface area contributed by atoms with Crippen molar-refractivity contribution in [3.8, 4) is 11.5 Å². The van der Waals surface area contributed by atoms with Crippen LogP contribution in [0.25, 0.3) is 0 Å². The zero-order chi connectivity index (χ0) is 25.7. The lowest BCUT2D eigenvalue weighted by Crippen LogP contribution is -2.48. The summed E-state index contributed by atoms with van der Waals surface area (Å²) in [6.45, 7) is 11.1. The summed E-state index contributed by atoms with van der Waals surface area (Å²) in [5.41, 5.74) is 1.67. The fourth-order valence-corrected chi connectivity index (χ4v) is 5.77. The first-order chi connectivity index (χ1) is 16.7. The van der Waals surface area contributed by atoms with E-state index in [1.165, 1.54) is 18.7 Å². The number of benzene rings is 2. The van der Waals surface area contributed by atoms with Gasteiger partial charge < -0.3 is 19.1 Å². The first-order valence-electron chi connectivity index (χ1n) is 11.9. The highest BCUT2D eigenvalue weighted by molar-refractivity contribution is 7.99. The van der Waals surface area contributed by atoms with Crippen molar-refractivity contribution in [1.29, 1.82) is 0 Å². The number of fused-ring (bicyclic) bond motifs is 1. The van der Waals surface area contributed by atoms with Gasteiger partial charge in [0.1, 0.15) is 11.5 Å². The van der Waals surface area contributed by atoms with E-state index < -0.39 is 17.3 Å². The topological polar surface area (TPSA) is 68.3 Å². The van der Waals surface area contributed by atoms with Crippen molar-refractivity contribution in [3.63, 3.8) is 0 Å². The van der Waals surface area contributed by atoms with Crippen LogP contribution in [-0.2, 0) is 14.3 Å². The highest BCUT2D eigenvalue weighted by atomic mass is 32.2. The molecule has 0 saturated carbocycles. The number of carbonyl (C=O) groups excluding carboxylic acids is 2. The first kappa shape index (κ1) is 26.9. The van der Waals surface area contributed by atoms with Crippen molar-refractivity contribution in [2.45, 2.75) is 63.0 Å². The van der Waals surface area contributed by atoms with E-state index in [1.54, 1.807) is 19.1 Å². The van der Waals surface area contributed by atoms with Gasteiger partial charge in [-0.2, -0.15) is 0 Å². The van der Waals surface area contributed by atoms with E-state index >= 15 is 0 Å². The van der Waals surface area contributed by atoms with Gasteiger partial charge in [0.25, 0.3) is 5.91 Å². The van der Waals surface area contributed by atoms with E-state index in [0.29, 0.717) is 36.7 Å². The second-order valence-electron chi connectivity index (χ2n) is 9.09. The third-order valence-electron chi connectivity index (χ3n) is 6.14. The molecule has 7 nitrogen and oxygen atoms in total. The zero-order valence-corrected chi connectivity index (χ0v) is 22.4. The number of amides is 1. The van der Waals surface area contributed by atoms with Gasteiger partial charge in [0, 0.05) is 37.0 Å². The van der Waals surface area contributed by atoms with Crippen LogP contribution in [0.15, 0.2) is 47.4 Å². The van der Waals surface area contributed by atoms with E-state index in [-0.39, 0.29) is 5.91 Å². The maximum absolute atomic E-state index is 14.0. The van der Waals surface area contributed by atoms with Crippen LogP contribution in [0.1, 0.15) is 45.4 Å². The van der Waals surface area contributed by atoms with Gasteiger partial charge in [-0.05, 0) is 63.6 Å². The molecule has 0 aliphatic carbocycles. The predicted molar refractivity (Wildman–Crippen MR) is 139 cm³/mol. The molecule has 1 aliphatic rings. The number of anilines is 1. The summed E-state index contributed by atoms with van der Waals surface area (Å²) >= 11 is 1.50. The molecule has 0 unspecified atom stereocenters. The summed E-state index contributed by atoms with van der Waals surface area (Å²) in [6, 6.07) is 13.9. The number of hydrogen-bond donors (Lipinski definition) is 0. The summed E-state index contributed by atoms with van der Waals surface area (Å²) < 4.78 is 16.5. The summed E-state index contributed by atoms with van der Waals surface area (Å²) in [5.74, 6) is 0.699. The molecule has 0 fully saturated rings. The Kier molecular flexibility index (Phi) is 9.08. The van der Waals surface area contributed by atoms with Crippen molar-refractivity contribution in [3.05, 3.63) is 48.0 Å². The molecule has 35 heavy (non-hydrogen) atoms. The van der Waals surface area contributed by atoms with Crippen molar-refractivity contribution < 1.29 is 23.8 Å². The summed E-state index contributed by atoms with van der Waals surface area (Å²) in [4.78, 5) is 31.1. The quantitative estimate of drug-likeness (QED) is 0.452. The second kappa shape index (κ2) is 11.8. The van der Waals surface area contributed by atoms with Gasteiger partial charge in [0.15, 0.2) is 6.10 Å². The predicted octanol–water partition coefficient (Wildman–Crippen LogP) is 4.93. The minimum atomic E-state index is -0.976. The second-order valence-corrected chi connectivity index (χ2v) is 10.3. The smallest absolute Gasteiger partial charge is 0.303 e. The largest absolute Gasteiger partial charge is 0.497 e. The number of carbonyl (C=O) groups is 2. The van der Waals surface area contributed by atoms with Gasteiger partial charge >= 0.3 is 5.97 Å². The molecule has 0 spiro atoms. The average molecular weight is 501 g/mol. The lowest BCUT2D eigenvalue weighted by Gasteiger charge is -2.34. The number of nitrogens with zero attached hydrogens (tertiary/aromatic N) is 2. The lowest BCUT2D eigenvalue weighted by molar-refractivity contribution is -0.152. The number of thioether (sulfide) groups is 1. The van der Waals surface area contributed by atoms with E-state index in [0.717, 1.165) is 16.1 Å². The van der Waals surface area contributed by atoms with Crippen molar-refractivity contribution in [2.24, 2.45) is 0 Å². The Morgan fingerprint density at radius 2 is 1.60 bits per heavy atom. The van der Waals surface area contributed by atoms with E-state index in [9.17, 15) is 9.59 Å². The van der Waals surface area contributed by atoms with Crippen LogP contribution in [-0.4, -0.2) is 62.3 Å². The van der Waals surface area contributed by atoms with Gasteiger partial charge in [-0.1, -0.05) is 12.1 Å². The number of methoxy groups -OCH3 is 2. The third kappa shape index (κ3) is 6.30. The van der Waals surface area contributed by atoms with Crippen LogP contribution in [0.3, 0.4) is 0 Å². The van der Waals surface area contributed by atoms with Gasteiger partial charge in [0.05, 0.1) is 25.2 Å². The Bertz CT molecular complexity index is 1020. The first-order valence-corrected chi connectivity index (χ1v) is 12.8. The molecule has 0 saturated heterocycles. The van der Waals surface area contributed by atoms with Gasteiger partial charge in [-0.25, -0.2) is 0 Å². The van der Waals surface area contributed by atoms with Crippen LogP contribution in [0.5, 0.6) is 11.5 Å². The molecule has 0 N–H and O–H groups in total. The van der Waals surface area contributed by atoms with Crippen molar-refractivity contribution in [2.75, 3.05) is 32.2 Å². The SMILES string of the molecule is COc1ccc([C@H]2Sc3cc(OC)ccc3N(CCN(C(C)C)C(C)C)C(=O)[C@@H]2OC(C)=O)cc1. The van der Waals surface area contributed by atoms with Gasteiger partial charge in [-0.15, -0.1) is 11.8 Å². The maximum Gasteiger partial charge on any atom is 0.303 e. The molecule has 3 rings (SSSR count). The molecule has 2 aromatic rings. The molecule has 1 amide bonds. The van der Waals surface area contributed by atoms with Crippen LogP contribution < -0.4 is 14.4 Å². The number of esters is 1. The highest BCUT2D eigenvalue weighted by Gasteiger charge is 2.41. The fourth-order valence-electron chi connectivity index (χ4n) is 4.43. The average Bonchev–Trinajstić information content (AvgIpc) is 2.93. The molecule has 190 valence electrons. The van der Waals surface area contributed by atoms with Crippen molar-refractivity contribution in [1.82, 2.24) is 4.90 Å². The summed E-state index contributed by atoms with van der Waals surface area (Å²) in [6.07, 6.45) is -0.976. The molecular weight excluding hydrogens is 464 g/mol. The number of hydrogen-bond acceptors (Lipinski definition) is 7. The molecule has 2 atom stereocenters. The Labute approximate surface area is 212 Å². The van der Waals surface area contributed by atoms with E-state index in [2.05, 4.69) is 32.6 Å². The molecule has 2 aromatic carbocycles. The lowest BCUT2D eigenvalue weighted by atomic mass is 10.1.